The van der Waals surface area contributed by atoms with Gasteiger partial charge in [0.15, 0.2) is 9.84 Å². The lowest BCUT2D eigenvalue weighted by Gasteiger charge is -2.27. The van der Waals surface area contributed by atoms with Gasteiger partial charge in [0.1, 0.15) is 12.4 Å². The van der Waals surface area contributed by atoms with Crippen molar-refractivity contribution in [1.82, 2.24) is 0 Å². The average molecular weight is 272 g/mol. The fourth-order valence-corrected chi connectivity index (χ4v) is 1.81. The van der Waals surface area contributed by atoms with Gasteiger partial charge in [-0.2, -0.15) is 0 Å². The molecule has 0 aliphatic heterocycles. The summed E-state index contributed by atoms with van der Waals surface area (Å²) in [6, 6.07) is 6.17. The van der Waals surface area contributed by atoms with E-state index in [1.165, 1.54) is 12.1 Å². The predicted octanol–water partition coefficient (Wildman–Crippen LogP) is 1.88. The molecule has 0 fully saturated rings. The maximum atomic E-state index is 11.3. The minimum atomic E-state index is -3.18. The first-order chi connectivity index (χ1) is 8.13. The van der Waals surface area contributed by atoms with Crippen LogP contribution in [0.4, 0.5) is 0 Å². The summed E-state index contributed by atoms with van der Waals surface area (Å²) in [4.78, 5) is 0.255. The topological polar surface area (TPSA) is 63.6 Å². The minimum absolute atomic E-state index is 0.0767. The Bertz CT molecular complexity index is 486. The monoisotopic (exact) mass is 272 g/mol. The third-order valence-corrected chi connectivity index (χ3v) is 4.16. The maximum Gasteiger partial charge on any atom is 0.175 e. The van der Waals surface area contributed by atoms with Gasteiger partial charge < -0.3 is 9.84 Å². The largest absolute Gasteiger partial charge is 0.491 e. The fraction of sp³-hybridized carbons (Fsp3) is 0.538. The van der Waals surface area contributed by atoms with Crippen LogP contribution in [0, 0.1) is 5.92 Å². The molecule has 0 radical (unpaired) electrons. The molecular weight excluding hydrogens is 252 g/mol. The molecular formula is C13H20O4S. The van der Waals surface area contributed by atoms with E-state index in [-0.39, 0.29) is 17.4 Å². The molecule has 0 aliphatic carbocycles. The molecule has 5 heteroatoms. The molecule has 0 amide bonds. The van der Waals surface area contributed by atoms with Crippen molar-refractivity contribution in [1.29, 1.82) is 0 Å². The molecule has 4 nitrogen and oxygen atoms in total. The smallest absolute Gasteiger partial charge is 0.175 e. The summed E-state index contributed by atoms with van der Waals surface area (Å²) >= 11 is 0. The van der Waals surface area contributed by atoms with Gasteiger partial charge in [0.2, 0.25) is 0 Å². The Labute approximate surface area is 109 Å². The Hall–Kier alpha value is -1.07. The highest BCUT2D eigenvalue weighted by Crippen LogP contribution is 2.20. The summed E-state index contributed by atoms with van der Waals surface area (Å²) in [5.74, 6) is 0.621. The third-order valence-electron chi connectivity index (χ3n) is 3.03. The molecule has 1 atom stereocenters. The van der Waals surface area contributed by atoms with E-state index in [2.05, 4.69) is 0 Å². The Morgan fingerprint density at radius 1 is 1.28 bits per heavy atom. The SMILES string of the molecule is CC(C)C(C)(O)COc1ccc(S(C)(=O)=O)cc1. The first-order valence-electron chi connectivity index (χ1n) is 5.78. The minimum Gasteiger partial charge on any atom is -0.491 e. The van der Waals surface area contributed by atoms with Crippen LogP contribution in [0.1, 0.15) is 20.8 Å². The zero-order valence-electron chi connectivity index (χ0n) is 11.2. The Morgan fingerprint density at radius 2 is 1.78 bits per heavy atom. The normalized spacial score (nSPS) is 15.4. The Kier molecular flexibility index (Phi) is 4.40. The molecule has 0 saturated carbocycles. The van der Waals surface area contributed by atoms with Gasteiger partial charge in [-0.05, 0) is 37.1 Å². The molecule has 1 unspecified atom stereocenters. The highest BCUT2D eigenvalue weighted by Gasteiger charge is 2.25. The van der Waals surface area contributed by atoms with E-state index in [9.17, 15) is 13.5 Å². The molecule has 1 rings (SSSR count). The van der Waals surface area contributed by atoms with Gasteiger partial charge >= 0.3 is 0 Å². The van der Waals surface area contributed by atoms with Crippen molar-refractivity contribution in [2.75, 3.05) is 12.9 Å². The molecule has 102 valence electrons. The van der Waals surface area contributed by atoms with Crippen LogP contribution in [-0.4, -0.2) is 32.0 Å². The van der Waals surface area contributed by atoms with Crippen LogP contribution in [0.2, 0.25) is 0 Å². The second-order valence-corrected chi connectivity index (χ2v) is 7.06. The van der Waals surface area contributed by atoms with Crippen molar-refractivity contribution in [3.05, 3.63) is 24.3 Å². The lowest BCUT2D eigenvalue weighted by Crippen LogP contribution is -2.37. The number of hydrogen-bond acceptors (Lipinski definition) is 4. The Balaban J connectivity index is 2.71. The summed E-state index contributed by atoms with van der Waals surface area (Å²) in [6.45, 7) is 5.71. The first kappa shape index (κ1) is 15.0. The highest BCUT2D eigenvalue weighted by atomic mass is 32.2. The van der Waals surface area contributed by atoms with E-state index in [1.54, 1.807) is 19.1 Å². The van der Waals surface area contributed by atoms with Crippen LogP contribution < -0.4 is 4.74 Å². The van der Waals surface area contributed by atoms with Crippen LogP contribution in [0.5, 0.6) is 5.75 Å². The maximum absolute atomic E-state index is 11.3. The van der Waals surface area contributed by atoms with E-state index in [1.807, 2.05) is 13.8 Å². The molecule has 1 N–H and O–H groups in total. The molecule has 1 aromatic rings. The molecule has 0 bridgehead atoms. The highest BCUT2D eigenvalue weighted by molar-refractivity contribution is 7.90. The van der Waals surface area contributed by atoms with Crippen molar-refractivity contribution in [3.8, 4) is 5.75 Å². The molecule has 18 heavy (non-hydrogen) atoms. The number of ether oxygens (including phenoxy) is 1. The molecule has 0 heterocycles. The number of aliphatic hydroxyl groups is 1. The zero-order chi connectivity index (χ0) is 14.0. The van der Waals surface area contributed by atoms with E-state index in [0.29, 0.717) is 5.75 Å². The van der Waals surface area contributed by atoms with Crippen LogP contribution >= 0.6 is 0 Å². The van der Waals surface area contributed by atoms with E-state index in [0.717, 1.165) is 6.26 Å². The van der Waals surface area contributed by atoms with Gasteiger partial charge in [0.25, 0.3) is 0 Å². The molecule has 0 saturated heterocycles. The lowest BCUT2D eigenvalue weighted by atomic mass is 9.94. The predicted molar refractivity (Wildman–Crippen MR) is 70.5 cm³/mol. The lowest BCUT2D eigenvalue weighted by molar-refractivity contribution is -0.0266. The van der Waals surface area contributed by atoms with E-state index in [4.69, 9.17) is 4.74 Å². The van der Waals surface area contributed by atoms with E-state index < -0.39 is 15.4 Å². The average Bonchev–Trinajstić information content (AvgIpc) is 2.25. The number of hydrogen-bond donors (Lipinski definition) is 1. The van der Waals surface area contributed by atoms with Crippen molar-refractivity contribution >= 4 is 9.84 Å². The summed E-state index contributed by atoms with van der Waals surface area (Å²) < 4.78 is 28.0. The second-order valence-electron chi connectivity index (χ2n) is 5.04. The number of rotatable bonds is 5. The van der Waals surface area contributed by atoms with Gasteiger partial charge in [0.05, 0.1) is 10.5 Å². The summed E-state index contributed by atoms with van der Waals surface area (Å²) in [7, 11) is -3.18. The van der Waals surface area contributed by atoms with Crippen molar-refractivity contribution < 1.29 is 18.3 Å². The number of benzene rings is 1. The first-order valence-corrected chi connectivity index (χ1v) is 7.67. The van der Waals surface area contributed by atoms with Crippen molar-refractivity contribution in [3.63, 3.8) is 0 Å². The van der Waals surface area contributed by atoms with Gasteiger partial charge in [0, 0.05) is 6.26 Å². The van der Waals surface area contributed by atoms with Crippen molar-refractivity contribution in [2.24, 2.45) is 5.92 Å². The van der Waals surface area contributed by atoms with Crippen molar-refractivity contribution in [2.45, 2.75) is 31.3 Å². The molecule has 1 aromatic carbocycles. The summed E-state index contributed by atoms with van der Waals surface area (Å²) in [5, 5.41) is 10.0. The van der Waals surface area contributed by atoms with Crippen LogP contribution in [0.3, 0.4) is 0 Å². The van der Waals surface area contributed by atoms with Gasteiger partial charge in [-0.1, -0.05) is 13.8 Å². The second kappa shape index (κ2) is 5.28. The molecule has 0 aromatic heterocycles. The Morgan fingerprint density at radius 3 is 2.17 bits per heavy atom. The fourth-order valence-electron chi connectivity index (χ4n) is 1.18. The van der Waals surface area contributed by atoms with Gasteiger partial charge in [-0.3, -0.25) is 0 Å². The van der Waals surface area contributed by atoms with E-state index >= 15 is 0 Å². The standard InChI is InChI=1S/C13H20O4S/c1-10(2)13(3,14)9-17-11-5-7-12(8-6-11)18(4,15)16/h5-8,10,14H,9H2,1-4H3. The quantitative estimate of drug-likeness (QED) is 0.889. The molecule has 0 aliphatic rings. The van der Waals surface area contributed by atoms with Crippen LogP contribution in [-0.2, 0) is 9.84 Å². The third kappa shape index (κ3) is 3.99. The molecule has 0 spiro atoms. The van der Waals surface area contributed by atoms with Crippen LogP contribution in [0.25, 0.3) is 0 Å². The number of sulfone groups is 1. The van der Waals surface area contributed by atoms with Crippen LogP contribution in [0.15, 0.2) is 29.2 Å². The van der Waals surface area contributed by atoms with Gasteiger partial charge in [-0.25, -0.2) is 8.42 Å². The zero-order valence-corrected chi connectivity index (χ0v) is 12.0. The summed E-state index contributed by atoms with van der Waals surface area (Å²) in [6.07, 6.45) is 1.16. The summed E-state index contributed by atoms with van der Waals surface area (Å²) in [5.41, 5.74) is -0.907. The van der Waals surface area contributed by atoms with Gasteiger partial charge in [-0.15, -0.1) is 0 Å².